The number of likely N-dealkylation sites (tertiary alicyclic amines) is 1. The lowest BCUT2D eigenvalue weighted by Crippen LogP contribution is -2.66. The van der Waals surface area contributed by atoms with Gasteiger partial charge >= 0.3 is 12.1 Å². The standard InChI is InChI=1S/C21H27N3O3.C2HF3O2/c1-16-5-3-6-18(22-16)13-26-11-8-17-9-12-27-21(17)14-24(15-21)20(25)19-7-4-10-23(19)2;3-2(4,5)1(6)7/h3-7,10,17H,8-9,11-15H2,1-2H3;(H,6,7). The number of aliphatic carboxylic acids is 1. The largest absolute Gasteiger partial charge is 0.490 e. The van der Waals surface area contributed by atoms with Crippen molar-refractivity contribution in [3.05, 3.63) is 53.6 Å². The van der Waals surface area contributed by atoms with Crippen LogP contribution in [0.2, 0.25) is 0 Å². The molecule has 2 aromatic heterocycles. The van der Waals surface area contributed by atoms with E-state index in [1.165, 1.54) is 0 Å². The van der Waals surface area contributed by atoms with E-state index in [1.54, 1.807) is 0 Å². The number of amides is 1. The van der Waals surface area contributed by atoms with E-state index in [0.29, 0.717) is 32.2 Å². The zero-order valence-electron chi connectivity index (χ0n) is 19.0. The van der Waals surface area contributed by atoms with Crippen molar-refractivity contribution < 1.29 is 37.3 Å². The van der Waals surface area contributed by atoms with Crippen LogP contribution in [-0.4, -0.2) is 69.5 Å². The minimum Gasteiger partial charge on any atom is -0.475 e. The summed E-state index contributed by atoms with van der Waals surface area (Å²) in [6.07, 6.45) is -1.19. The Labute approximate surface area is 195 Å². The van der Waals surface area contributed by atoms with E-state index in [9.17, 15) is 18.0 Å². The van der Waals surface area contributed by atoms with Gasteiger partial charge in [0.25, 0.3) is 5.91 Å². The molecule has 4 rings (SSSR count). The Hall–Kier alpha value is -2.92. The fourth-order valence-electron chi connectivity index (χ4n) is 4.21. The number of pyridine rings is 1. The molecular weight excluding hydrogens is 455 g/mol. The Kier molecular flexibility index (Phi) is 7.98. The van der Waals surface area contributed by atoms with Gasteiger partial charge in [-0.25, -0.2) is 4.79 Å². The molecule has 0 saturated carbocycles. The van der Waals surface area contributed by atoms with Crippen LogP contribution in [0.4, 0.5) is 13.2 Å². The van der Waals surface area contributed by atoms with Crippen LogP contribution < -0.4 is 0 Å². The van der Waals surface area contributed by atoms with Gasteiger partial charge in [-0.1, -0.05) is 6.07 Å². The van der Waals surface area contributed by atoms with Gasteiger partial charge in [-0.3, -0.25) is 9.78 Å². The van der Waals surface area contributed by atoms with Gasteiger partial charge in [-0.05, 0) is 49.9 Å². The fourth-order valence-corrected chi connectivity index (χ4v) is 4.21. The summed E-state index contributed by atoms with van der Waals surface area (Å²) in [6.45, 7) is 5.36. The van der Waals surface area contributed by atoms with Crippen molar-refractivity contribution in [2.75, 3.05) is 26.3 Å². The first-order chi connectivity index (χ1) is 16.0. The van der Waals surface area contributed by atoms with Gasteiger partial charge in [0.15, 0.2) is 0 Å². The molecule has 1 atom stereocenters. The van der Waals surface area contributed by atoms with E-state index in [0.717, 1.165) is 36.5 Å². The molecule has 11 heteroatoms. The molecule has 186 valence electrons. The van der Waals surface area contributed by atoms with Gasteiger partial charge in [-0.15, -0.1) is 0 Å². The first-order valence-corrected chi connectivity index (χ1v) is 10.9. The Bertz CT molecular complexity index is 1000. The van der Waals surface area contributed by atoms with Crippen molar-refractivity contribution in [3.8, 4) is 0 Å². The molecular formula is C23H28F3N3O5. The van der Waals surface area contributed by atoms with Gasteiger partial charge in [0.2, 0.25) is 0 Å². The molecule has 34 heavy (non-hydrogen) atoms. The minimum atomic E-state index is -5.08. The maximum absolute atomic E-state index is 12.6. The van der Waals surface area contributed by atoms with E-state index >= 15 is 0 Å². The van der Waals surface area contributed by atoms with E-state index < -0.39 is 12.1 Å². The number of alkyl halides is 3. The normalized spacial score (nSPS) is 18.9. The molecule has 0 aromatic carbocycles. The highest BCUT2D eigenvalue weighted by Crippen LogP contribution is 2.42. The molecule has 1 unspecified atom stereocenters. The van der Waals surface area contributed by atoms with Crippen LogP contribution in [0.3, 0.4) is 0 Å². The summed E-state index contributed by atoms with van der Waals surface area (Å²) in [4.78, 5) is 27.9. The van der Waals surface area contributed by atoms with Gasteiger partial charge in [-0.2, -0.15) is 13.2 Å². The van der Waals surface area contributed by atoms with E-state index in [-0.39, 0.29) is 11.5 Å². The summed E-state index contributed by atoms with van der Waals surface area (Å²) < 4.78 is 45.5. The number of carboxylic acid groups (broad SMARTS) is 1. The van der Waals surface area contributed by atoms with Gasteiger partial charge in [0.1, 0.15) is 11.3 Å². The van der Waals surface area contributed by atoms with Gasteiger partial charge < -0.3 is 24.0 Å². The molecule has 1 spiro atoms. The highest BCUT2D eigenvalue weighted by Gasteiger charge is 2.54. The summed E-state index contributed by atoms with van der Waals surface area (Å²) in [6, 6.07) is 9.76. The summed E-state index contributed by atoms with van der Waals surface area (Å²) in [5.41, 5.74) is 2.53. The number of hydrogen-bond donors (Lipinski definition) is 1. The molecule has 1 amide bonds. The predicted octanol–water partition coefficient (Wildman–Crippen LogP) is 3.20. The third kappa shape index (κ3) is 6.15. The van der Waals surface area contributed by atoms with Gasteiger partial charge in [0, 0.05) is 32.2 Å². The highest BCUT2D eigenvalue weighted by atomic mass is 19.4. The number of nitrogens with zero attached hydrogens (tertiary/aromatic N) is 3. The lowest BCUT2D eigenvalue weighted by atomic mass is 9.79. The average molecular weight is 483 g/mol. The summed E-state index contributed by atoms with van der Waals surface area (Å²) in [5, 5.41) is 7.12. The molecule has 2 aliphatic rings. The lowest BCUT2D eigenvalue weighted by Gasteiger charge is -2.50. The van der Waals surface area contributed by atoms with Crippen molar-refractivity contribution in [2.45, 2.75) is 38.1 Å². The number of aryl methyl sites for hydroxylation is 2. The highest BCUT2D eigenvalue weighted by molar-refractivity contribution is 5.93. The van der Waals surface area contributed by atoms with Crippen molar-refractivity contribution in [2.24, 2.45) is 13.0 Å². The van der Waals surface area contributed by atoms with Crippen LogP contribution >= 0.6 is 0 Å². The number of rotatable bonds is 6. The molecule has 0 aliphatic carbocycles. The second-order valence-electron chi connectivity index (χ2n) is 8.48. The van der Waals surface area contributed by atoms with E-state index in [2.05, 4.69) is 4.98 Å². The summed E-state index contributed by atoms with van der Waals surface area (Å²) in [7, 11) is 1.90. The number of halogens is 3. The Balaban J connectivity index is 0.000000406. The Morgan fingerprint density at radius 2 is 1.97 bits per heavy atom. The first-order valence-electron chi connectivity index (χ1n) is 10.9. The second-order valence-corrected chi connectivity index (χ2v) is 8.48. The topological polar surface area (TPSA) is 93.9 Å². The van der Waals surface area contributed by atoms with Crippen LogP contribution in [0.5, 0.6) is 0 Å². The maximum atomic E-state index is 12.6. The number of carbonyl (C=O) groups excluding carboxylic acids is 1. The zero-order valence-corrected chi connectivity index (χ0v) is 19.0. The van der Waals surface area contributed by atoms with Gasteiger partial charge in [0.05, 0.1) is 25.4 Å². The van der Waals surface area contributed by atoms with Crippen LogP contribution in [0.25, 0.3) is 0 Å². The number of carbonyl (C=O) groups is 2. The summed E-state index contributed by atoms with van der Waals surface area (Å²) in [5.74, 6) is -2.22. The average Bonchev–Trinajstić information content (AvgIpc) is 3.35. The number of ether oxygens (including phenoxy) is 2. The number of carboxylic acids is 1. The van der Waals surface area contributed by atoms with Crippen LogP contribution in [-0.2, 0) is 27.9 Å². The monoisotopic (exact) mass is 483 g/mol. The zero-order chi connectivity index (χ0) is 24.9. The number of aromatic nitrogens is 2. The van der Waals surface area contributed by atoms with Crippen LogP contribution in [0.1, 0.15) is 34.7 Å². The molecule has 2 saturated heterocycles. The summed E-state index contributed by atoms with van der Waals surface area (Å²) >= 11 is 0. The van der Waals surface area contributed by atoms with E-state index in [1.807, 2.05) is 60.0 Å². The molecule has 8 nitrogen and oxygen atoms in total. The minimum absolute atomic E-state index is 0.0872. The third-order valence-corrected chi connectivity index (χ3v) is 6.02. The molecule has 4 heterocycles. The molecule has 2 fully saturated rings. The quantitative estimate of drug-likeness (QED) is 0.635. The van der Waals surface area contributed by atoms with Crippen molar-refractivity contribution in [1.29, 1.82) is 0 Å². The fraction of sp³-hybridized carbons (Fsp3) is 0.522. The van der Waals surface area contributed by atoms with Crippen LogP contribution in [0, 0.1) is 12.8 Å². The molecule has 1 N–H and O–H groups in total. The van der Waals surface area contributed by atoms with Crippen LogP contribution in [0.15, 0.2) is 36.5 Å². The van der Waals surface area contributed by atoms with Crippen molar-refractivity contribution >= 4 is 11.9 Å². The smallest absolute Gasteiger partial charge is 0.475 e. The molecule has 0 bridgehead atoms. The SMILES string of the molecule is Cc1cccc(COCCC2CCOC23CN(C(=O)c2cccn2C)C3)n1.O=C(O)C(F)(F)F. The van der Waals surface area contributed by atoms with Crippen molar-refractivity contribution in [3.63, 3.8) is 0 Å². The first kappa shape index (κ1) is 25.7. The third-order valence-electron chi connectivity index (χ3n) is 6.02. The maximum Gasteiger partial charge on any atom is 0.490 e. The molecule has 0 radical (unpaired) electrons. The lowest BCUT2D eigenvalue weighted by molar-refractivity contribution is -0.192. The predicted molar refractivity (Wildman–Crippen MR) is 115 cm³/mol. The Morgan fingerprint density at radius 1 is 1.26 bits per heavy atom. The molecule has 2 aliphatic heterocycles. The second kappa shape index (κ2) is 10.6. The van der Waals surface area contributed by atoms with E-state index in [4.69, 9.17) is 19.4 Å². The number of hydrogen-bond acceptors (Lipinski definition) is 5. The Morgan fingerprint density at radius 3 is 2.56 bits per heavy atom. The van der Waals surface area contributed by atoms with Crippen molar-refractivity contribution in [1.82, 2.24) is 14.5 Å². The molecule has 2 aromatic rings.